The molecule has 0 aliphatic rings. The lowest BCUT2D eigenvalue weighted by Gasteiger charge is -2.00. The average molecular weight is 212 g/mol. The van der Waals surface area contributed by atoms with Crippen LogP contribution >= 0.6 is 0 Å². The first kappa shape index (κ1) is 11.6. The Bertz CT molecular complexity index is 475. The van der Waals surface area contributed by atoms with Gasteiger partial charge in [-0.2, -0.15) is 0 Å². The maximum atomic E-state index is 13.4. The van der Waals surface area contributed by atoms with Crippen LogP contribution in [0.15, 0.2) is 12.4 Å². The Balaban J connectivity index is 0.000000531. The van der Waals surface area contributed by atoms with Crippen LogP contribution in [-0.2, 0) is 7.05 Å². The van der Waals surface area contributed by atoms with Gasteiger partial charge in [-0.3, -0.25) is 0 Å². The fraction of sp³-hybridized carbons (Fsp3) is 0.364. The van der Waals surface area contributed by atoms with Gasteiger partial charge < -0.3 is 4.57 Å². The molecule has 0 unspecified atom stereocenters. The molecule has 0 spiro atoms. The van der Waals surface area contributed by atoms with Gasteiger partial charge in [0.25, 0.3) is 0 Å². The Morgan fingerprint density at radius 3 is 2.47 bits per heavy atom. The molecule has 2 rings (SSSR count). The monoisotopic (exact) mass is 212 g/mol. The zero-order valence-corrected chi connectivity index (χ0v) is 9.31. The number of nitrogens with zero attached hydrogens (tertiary/aromatic N) is 2. The molecule has 0 radical (unpaired) electrons. The molecule has 0 atom stereocenters. The Morgan fingerprint density at radius 2 is 1.87 bits per heavy atom. The van der Waals surface area contributed by atoms with Crippen molar-refractivity contribution in [2.45, 2.75) is 20.8 Å². The second-order valence-corrected chi connectivity index (χ2v) is 3.02. The fourth-order valence-electron chi connectivity index (χ4n) is 1.29. The van der Waals surface area contributed by atoms with Crippen LogP contribution in [-0.4, -0.2) is 9.55 Å². The van der Waals surface area contributed by atoms with Gasteiger partial charge >= 0.3 is 0 Å². The largest absolute Gasteiger partial charge is 0.334 e. The smallest absolute Gasteiger partial charge is 0.156 e. The Labute approximate surface area is 87.5 Å². The fourth-order valence-corrected chi connectivity index (χ4v) is 1.29. The van der Waals surface area contributed by atoms with Crippen molar-refractivity contribution in [3.05, 3.63) is 29.6 Å². The second-order valence-electron chi connectivity index (χ2n) is 3.02. The number of imidazole rings is 1. The van der Waals surface area contributed by atoms with Gasteiger partial charge in [0.2, 0.25) is 0 Å². The number of rotatable bonds is 0. The molecule has 82 valence electrons. The van der Waals surface area contributed by atoms with Gasteiger partial charge in [0, 0.05) is 18.7 Å². The highest BCUT2D eigenvalue weighted by molar-refractivity contribution is 5.77. The zero-order chi connectivity index (χ0) is 11.6. The van der Waals surface area contributed by atoms with Crippen LogP contribution in [0.2, 0.25) is 0 Å². The molecule has 0 bridgehead atoms. The molecule has 1 aromatic heterocycles. The van der Waals surface area contributed by atoms with Crippen LogP contribution in [0.4, 0.5) is 8.78 Å². The second kappa shape index (κ2) is 4.38. The van der Waals surface area contributed by atoms with Crippen LogP contribution in [0.3, 0.4) is 0 Å². The van der Waals surface area contributed by atoms with Crippen molar-refractivity contribution < 1.29 is 8.78 Å². The summed E-state index contributed by atoms with van der Waals surface area (Å²) in [5, 5.41) is 0. The molecule has 0 aliphatic heterocycles. The summed E-state index contributed by atoms with van der Waals surface area (Å²) in [4.78, 5) is 3.84. The molecular formula is C11H14F2N2. The maximum absolute atomic E-state index is 13.4. The quantitative estimate of drug-likeness (QED) is 0.655. The molecular weight excluding hydrogens is 198 g/mol. The summed E-state index contributed by atoms with van der Waals surface area (Å²) in [6, 6.07) is 1.29. The van der Waals surface area contributed by atoms with Crippen LogP contribution in [0.25, 0.3) is 11.0 Å². The van der Waals surface area contributed by atoms with E-state index in [1.54, 1.807) is 11.6 Å². The third kappa shape index (κ3) is 1.84. The van der Waals surface area contributed by atoms with Crippen molar-refractivity contribution in [2.75, 3.05) is 0 Å². The number of halogens is 2. The Kier molecular flexibility index (Phi) is 3.39. The standard InChI is InChI=1S/C9H8F2N2.C2H6/c1-5-6(10)3-7-9(8(5)11)12-4-13(7)2;1-2/h3-4H,1-2H3;1-2H3. The molecule has 0 amide bonds. The molecule has 2 aromatic rings. The van der Waals surface area contributed by atoms with E-state index < -0.39 is 11.6 Å². The summed E-state index contributed by atoms with van der Waals surface area (Å²) in [6.45, 7) is 5.40. The summed E-state index contributed by atoms with van der Waals surface area (Å²) in [5.74, 6) is -1.11. The van der Waals surface area contributed by atoms with Crippen molar-refractivity contribution in [3.63, 3.8) is 0 Å². The molecule has 1 aromatic carbocycles. The van der Waals surface area contributed by atoms with E-state index in [0.29, 0.717) is 5.52 Å². The van der Waals surface area contributed by atoms with E-state index in [1.165, 1.54) is 19.3 Å². The van der Waals surface area contributed by atoms with Crippen molar-refractivity contribution in [1.29, 1.82) is 0 Å². The number of hydrogen-bond acceptors (Lipinski definition) is 1. The van der Waals surface area contributed by atoms with E-state index in [-0.39, 0.29) is 11.1 Å². The predicted molar refractivity (Wildman–Crippen MR) is 56.7 cm³/mol. The van der Waals surface area contributed by atoms with E-state index >= 15 is 0 Å². The van der Waals surface area contributed by atoms with Gasteiger partial charge in [-0.25, -0.2) is 13.8 Å². The van der Waals surface area contributed by atoms with E-state index in [0.717, 1.165) is 0 Å². The Hall–Kier alpha value is -1.45. The molecule has 0 fully saturated rings. The summed E-state index contributed by atoms with van der Waals surface area (Å²) in [5.41, 5.74) is 0.716. The summed E-state index contributed by atoms with van der Waals surface area (Å²) >= 11 is 0. The van der Waals surface area contributed by atoms with Gasteiger partial charge in [0.1, 0.15) is 11.3 Å². The van der Waals surface area contributed by atoms with Crippen molar-refractivity contribution in [2.24, 2.45) is 7.05 Å². The lowest BCUT2D eigenvalue weighted by Crippen LogP contribution is -1.92. The number of aryl methyl sites for hydroxylation is 1. The van der Waals surface area contributed by atoms with Gasteiger partial charge in [-0.05, 0) is 6.92 Å². The number of hydrogen-bond donors (Lipinski definition) is 0. The molecule has 1 heterocycles. The average Bonchev–Trinajstić information content (AvgIpc) is 2.61. The zero-order valence-electron chi connectivity index (χ0n) is 9.31. The van der Waals surface area contributed by atoms with Crippen molar-refractivity contribution in [3.8, 4) is 0 Å². The predicted octanol–water partition coefficient (Wildman–Crippen LogP) is 3.19. The minimum atomic E-state index is -0.574. The highest BCUT2D eigenvalue weighted by Gasteiger charge is 2.12. The first-order valence-electron chi connectivity index (χ1n) is 4.87. The molecule has 2 nitrogen and oxygen atoms in total. The highest BCUT2D eigenvalue weighted by Crippen LogP contribution is 2.21. The number of fused-ring (bicyclic) bond motifs is 1. The molecule has 0 aliphatic carbocycles. The van der Waals surface area contributed by atoms with Gasteiger partial charge in [-0.1, -0.05) is 13.8 Å². The van der Waals surface area contributed by atoms with Crippen molar-refractivity contribution >= 4 is 11.0 Å². The van der Waals surface area contributed by atoms with E-state index in [9.17, 15) is 8.78 Å². The summed E-state index contributed by atoms with van der Waals surface area (Å²) < 4.78 is 28.0. The SMILES string of the molecule is CC.Cc1c(F)cc2c(ncn2C)c1F. The third-order valence-electron chi connectivity index (χ3n) is 2.14. The molecule has 0 N–H and O–H groups in total. The molecule has 4 heteroatoms. The Morgan fingerprint density at radius 1 is 1.27 bits per heavy atom. The minimum absolute atomic E-state index is 0.0196. The number of aromatic nitrogens is 2. The van der Waals surface area contributed by atoms with Crippen LogP contribution in [0.1, 0.15) is 19.4 Å². The van der Waals surface area contributed by atoms with Crippen LogP contribution in [0, 0.1) is 18.6 Å². The van der Waals surface area contributed by atoms with Crippen LogP contribution < -0.4 is 0 Å². The third-order valence-corrected chi connectivity index (χ3v) is 2.14. The molecule has 15 heavy (non-hydrogen) atoms. The van der Waals surface area contributed by atoms with Crippen LogP contribution in [0.5, 0.6) is 0 Å². The number of benzene rings is 1. The summed E-state index contributed by atoms with van der Waals surface area (Å²) in [7, 11) is 1.70. The normalized spacial score (nSPS) is 10.0. The highest BCUT2D eigenvalue weighted by atomic mass is 19.1. The molecule has 0 saturated heterocycles. The first-order valence-corrected chi connectivity index (χ1v) is 4.87. The van der Waals surface area contributed by atoms with Crippen molar-refractivity contribution in [1.82, 2.24) is 9.55 Å². The first-order chi connectivity index (χ1) is 7.11. The van der Waals surface area contributed by atoms with E-state index in [2.05, 4.69) is 4.98 Å². The maximum Gasteiger partial charge on any atom is 0.156 e. The lowest BCUT2D eigenvalue weighted by molar-refractivity contribution is 0.575. The summed E-state index contributed by atoms with van der Waals surface area (Å²) in [6.07, 6.45) is 1.46. The molecule has 0 saturated carbocycles. The van der Waals surface area contributed by atoms with Gasteiger partial charge in [0.15, 0.2) is 5.82 Å². The van der Waals surface area contributed by atoms with Gasteiger partial charge in [0.05, 0.1) is 11.8 Å². The van der Waals surface area contributed by atoms with E-state index in [1.807, 2.05) is 13.8 Å². The minimum Gasteiger partial charge on any atom is -0.334 e. The lowest BCUT2D eigenvalue weighted by atomic mass is 10.2. The van der Waals surface area contributed by atoms with E-state index in [4.69, 9.17) is 0 Å². The van der Waals surface area contributed by atoms with Gasteiger partial charge in [-0.15, -0.1) is 0 Å². The topological polar surface area (TPSA) is 17.8 Å².